The molecule has 0 aliphatic rings. The first kappa shape index (κ1) is 11.3. The quantitative estimate of drug-likeness (QED) is 0.653. The fraction of sp³-hybridized carbons (Fsp3) is 0.250. The molecule has 1 atom stereocenters. The average Bonchev–Trinajstić information content (AvgIpc) is 2.35. The van der Waals surface area contributed by atoms with Crippen molar-refractivity contribution in [2.45, 2.75) is 13.0 Å². The van der Waals surface area contributed by atoms with E-state index in [4.69, 9.17) is 14.7 Å². The van der Waals surface area contributed by atoms with Gasteiger partial charge in [-0.05, 0) is 24.6 Å². The van der Waals surface area contributed by atoms with Crippen molar-refractivity contribution in [3.05, 3.63) is 40.2 Å². The maximum absolute atomic E-state index is 11.4. The SMILES string of the molecule is COc1ccc2c(C(C)N=N)cc(=O)oc2c1. The first-order chi connectivity index (χ1) is 8.15. The highest BCUT2D eigenvalue weighted by Gasteiger charge is 2.12. The van der Waals surface area contributed by atoms with E-state index in [0.717, 1.165) is 5.39 Å². The van der Waals surface area contributed by atoms with E-state index in [-0.39, 0.29) is 6.04 Å². The van der Waals surface area contributed by atoms with Gasteiger partial charge in [0.2, 0.25) is 0 Å². The van der Waals surface area contributed by atoms with Crippen molar-refractivity contribution in [1.82, 2.24) is 0 Å². The van der Waals surface area contributed by atoms with Crippen molar-refractivity contribution in [2.24, 2.45) is 5.11 Å². The van der Waals surface area contributed by atoms with Crippen LogP contribution < -0.4 is 10.4 Å². The van der Waals surface area contributed by atoms with Crippen LogP contribution in [0, 0.1) is 5.53 Å². The van der Waals surface area contributed by atoms with E-state index in [1.54, 1.807) is 32.2 Å². The molecule has 0 aliphatic carbocycles. The summed E-state index contributed by atoms with van der Waals surface area (Å²) in [5.74, 6) is 0.619. The molecule has 0 saturated heterocycles. The highest BCUT2D eigenvalue weighted by Crippen LogP contribution is 2.27. The number of hydrogen-bond acceptors (Lipinski definition) is 5. The summed E-state index contributed by atoms with van der Waals surface area (Å²) in [6, 6.07) is 6.24. The maximum Gasteiger partial charge on any atom is 0.336 e. The lowest BCUT2D eigenvalue weighted by molar-refractivity contribution is 0.414. The second-order valence-corrected chi connectivity index (χ2v) is 3.69. The number of ether oxygens (including phenoxy) is 1. The van der Waals surface area contributed by atoms with Crippen LogP contribution >= 0.6 is 0 Å². The molecule has 5 heteroatoms. The largest absolute Gasteiger partial charge is 0.497 e. The van der Waals surface area contributed by atoms with Gasteiger partial charge < -0.3 is 9.15 Å². The monoisotopic (exact) mass is 232 g/mol. The van der Waals surface area contributed by atoms with Crippen LogP contribution in [-0.2, 0) is 0 Å². The number of rotatable bonds is 3. The van der Waals surface area contributed by atoms with E-state index >= 15 is 0 Å². The molecule has 1 aromatic heterocycles. The molecule has 1 aromatic carbocycles. The molecule has 5 nitrogen and oxygen atoms in total. The molecule has 0 radical (unpaired) electrons. The molecule has 17 heavy (non-hydrogen) atoms. The van der Waals surface area contributed by atoms with Gasteiger partial charge in [-0.15, -0.1) is 0 Å². The first-order valence-corrected chi connectivity index (χ1v) is 5.14. The zero-order chi connectivity index (χ0) is 12.4. The van der Waals surface area contributed by atoms with Gasteiger partial charge in [0, 0.05) is 17.5 Å². The lowest BCUT2D eigenvalue weighted by Gasteiger charge is -2.08. The lowest BCUT2D eigenvalue weighted by atomic mass is 10.0. The zero-order valence-corrected chi connectivity index (χ0v) is 9.56. The summed E-state index contributed by atoms with van der Waals surface area (Å²) in [4.78, 5) is 11.4. The van der Waals surface area contributed by atoms with Gasteiger partial charge in [-0.3, -0.25) is 0 Å². The standard InChI is InChI=1S/C12H12N2O3/c1-7(14-13)10-6-12(15)17-11-5-8(16-2)3-4-9(10)11/h3-7,13H,1-2H3. The molecule has 1 heterocycles. The van der Waals surface area contributed by atoms with Gasteiger partial charge >= 0.3 is 5.63 Å². The lowest BCUT2D eigenvalue weighted by Crippen LogP contribution is -2.02. The van der Waals surface area contributed by atoms with Gasteiger partial charge in [0.1, 0.15) is 11.3 Å². The Morgan fingerprint density at radius 3 is 2.82 bits per heavy atom. The van der Waals surface area contributed by atoms with Gasteiger partial charge in [-0.1, -0.05) is 0 Å². The molecule has 0 aliphatic heterocycles. The van der Waals surface area contributed by atoms with Gasteiger partial charge in [0.25, 0.3) is 0 Å². The van der Waals surface area contributed by atoms with Crippen LogP contribution in [0.3, 0.4) is 0 Å². The number of benzene rings is 1. The number of methoxy groups -OCH3 is 1. The topological polar surface area (TPSA) is 75.7 Å². The van der Waals surface area contributed by atoms with E-state index in [2.05, 4.69) is 5.11 Å². The predicted molar refractivity (Wildman–Crippen MR) is 62.6 cm³/mol. The summed E-state index contributed by atoms with van der Waals surface area (Å²) in [6.45, 7) is 1.76. The second kappa shape index (κ2) is 4.37. The molecular weight excluding hydrogens is 220 g/mol. The van der Waals surface area contributed by atoms with E-state index in [1.807, 2.05) is 0 Å². The summed E-state index contributed by atoms with van der Waals surface area (Å²) in [6.07, 6.45) is 0. The molecule has 2 aromatic rings. The summed E-state index contributed by atoms with van der Waals surface area (Å²) in [5, 5.41) is 4.20. The minimum atomic E-state index is -0.448. The summed E-state index contributed by atoms with van der Waals surface area (Å²) in [7, 11) is 1.55. The minimum absolute atomic E-state index is 0.366. The van der Waals surface area contributed by atoms with Crippen molar-refractivity contribution in [2.75, 3.05) is 7.11 Å². The average molecular weight is 232 g/mol. The normalized spacial score (nSPS) is 12.4. The Labute approximate surface area is 97.5 Å². The minimum Gasteiger partial charge on any atom is -0.497 e. The number of hydrogen-bond donors (Lipinski definition) is 1. The van der Waals surface area contributed by atoms with Crippen LogP contribution in [0.4, 0.5) is 0 Å². The molecule has 0 amide bonds. The van der Waals surface area contributed by atoms with Crippen LogP contribution in [0.25, 0.3) is 11.0 Å². The van der Waals surface area contributed by atoms with Crippen molar-refractivity contribution in [3.8, 4) is 5.75 Å². The summed E-state index contributed by atoms with van der Waals surface area (Å²) in [5.41, 5.74) is 7.73. The number of nitrogens with zero attached hydrogens (tertiary/aromatic N) is 1. The highest BCUT2D eigenvalue weighted by atomic mass is 16.5. The van der Waals surface area contributed by atoms with E-state index < -0.39 is 5.63 Å². The van der Waals surface area contributed by atoms with Crippen molar-refractivity contribution >= 4 is 11.0 Å². The van der Waals surface area contributed by atoms with E-state index in [0.29, 0.717) is 16.9 Å². The van der Waals surface area contributed by atoms with E-state index in [1.165, 1.54) is 6.07 Å². The fourth-order valence-corrected chi connectivity index (χ4v) is 1.71. The van der Waals surface area contributed by atoms with Gasteiger partial charge in [0.15, 0.2) is 0 Å². The molecule has 0 fully saturated rings. The van der Waals surface area contributed by atoms with Gasteiger partial charge in [0.05, 0.1) is 13.2 Å². The Morgan fingerprint density at radius 1 is 1.41 bits per heavy atom. The third kappa shape index (κ3) is 2.04. The Balaban J connectivity index is 2.76. The van der Waals surface area contributed by atoms with Crippen LogP contribution in [0.1, 0.15) is 18.5 Å². The Morgan fingerprint density at radius 2 is 2.18 bits per heavy atom. The summed E-state index contributed by atoms with van der Waals surface area (Å²) < 4.78 is 10.2. The van der Waals surface area contributed by atoms with Crippen LogP contribution in [0.2, 0.25) is 0 Å². The maximum atomic E-state index is 11.4. The molecule has 0 saturated carbocycles. The van der Waals surface area contributed by atoms with Crippen LogP contribution in [0.5, 0.6) is 5.75 Å². The second-order valence-electron chi connectivity index (χ2n) is 3.69. The Hall–Kier alpha value is -2.17. The van der Waals surface area contributed by atoms with Crippen LogP contribution in [-0.4, -0.2) is 7.11 Å². The van der Waals surface area contributed by atoms with Crippen LogP contribution in [0.15, 0.2) is 38.6 Å². The molecule has 1 unspecified atom stereocenters. The fourth-order valence-electron chi connectivity index (χ4n) is 1.71. The van der Waals surface area contributed by atoms with Gasteiger partial charge in [-0.25, -0.2) is 10.3 Å². The Kier molecular flexibility index (Phi) is 2.91. The number of fused-ring (bicyclic) bond motifs is 1. The molecular formula is C12H12N2O3. The first-order valence-electron chi connectivity index (χ1n) is 5.14. The predicted octanol–water partition coefficient (Wildman–Crippen LogP) is 2.89. The Bertz CT molecular complexity index is 619. The van der Waals surface area contributed by atoms with Gasteiger partial charge in [-0.2, -0.15) is 5.11 Å². The summed E-state index contributed by atoms with van der Waals surface area (Å²) >= 11 is 0. The molecule has 1 N–H and O–H groups in total. The molecule has 2 rings (SSSR count). The highest BCUT2D eigenvalue weighted by molar-refractivity contribution is 5.82. The van der Waals surface area contributed by atoms with Crippen molar-refractivity contribution in [1.29, 1.82) is 5.53 Å². The van der Waals surface area contributed by atoms with Crippen molar-refractivity contribution < 1.29 is 9.15 Å². The number of nitrogens with one attached hydrogen (secondary N) is 1. The zero-order valence-electron chi connectivity index (χ0n) is 9.56. The smallest absolute Gasteiger partial charge is 0.336 e. The van der Waals surface area contributed by atoms with Crippen molar-refractivity contribution in [3.63, 3.8) is 0 Å². The molecule has 88 valence electrons. The molecule has 0 bridgehead atoms. The third-order valence-corrected chi connectivity index (χ3v) is 2.63. The van der Waals surface area contributed by atoms with E-state index in [9.17, 15) is 4.79 Å². The molecule has 0 spiro atoms. The third-order valence-electron chi connectivity index (χ3n) is 2.63.